The molecule has 2 rings (SSSR count). The summed E-state index contributed by atoms with van der Waals surface area (Å²) in [4.78, 5) is 12.0. The van der Waals surface area contributed by atoms with Crippen molar-refractivity contribution in [1.29, 1.82) is 0 Å². The first kappa shape index (κ1) is 17.9. The molecule has 1 fully saturated rings. The quantitative estimate of drug-likeness (QED) is 0.750. The Morgan fingerprint density at radius 1 is 1.17 bits per heavy atom. The third-order valence-corrected chi connectivity index (χ3v) is 6.26. The van der Waals surface area contributed by atoms with Gasteiger partial charge in [0.2, 0.25) is 15.9 Å². The second kappa shape index (κ2) is 7.93. The molecule has 0 spiro atoms. The van der Waals surface area contributed by atoms with Gasteiger partial charge in [-0.1, -0.05) is 26.0 Å². The number of nitrogens with one attached hydrogen (secondary N) is 1. The van der Waals surface area contributed by atoms with Crippen molar-refractivity contribution in [3.8, 4) is 0 Å². The highest BCUT2D eigenvalue weighted by molar-refractivity contribution is 7.89. The number of hydrogen-bond donors (Lipinski definition) is 1. The van der Waals surface area contributed by atoms with Crippen molar-refractivity contribution in [2.75, 3.05) is 19.6 Å². The number of aryl methyl sites for hydroxylation is 1. The van der Waals surface area contributed by atoms with Crippen LogP contribution in [0.4, 0.5) is 0 Å². The summed E-state index contributed by atoms with van der Waals surface area (Å²) in [6.07, 6.45) is 3.52. The molecule has 1 amide bonds. The molecule has 6 heteroatoms. The van der Waals surface area contributed by atoms with Crippen LogP contribution in [-0.4, -0.2) is 38.3 Å². The lowest BCUT2D eigenvalue weighted by molar-refractivity contribution is -0.121. The Hall–Kier alpha value is -1.40. The van der Waals surface area contributed by atoms with Crippen molar-refractivity contribution < 1.29 is 13.2 Å². The van der Waals surface area contributed by atoms with Gasteiger partial charge < -0.3 is 5.32 Å². The maximum atomic E-state index is 12.4. The van der Waals surface area contributed by atoms with Gasteiger partial charge in [-0.05, 0) is 42.9 Å². The molecule has 128 valence electrons. The van der Waals surface area contributed by atoms with Gasteiger partial charge in [-0.15, -0.1) is 0 Å². The summed E-state index contributed by atoms with van der Waals surface area (Å²) in [5.74, 6) is 0.750. The lowest BCUT2D eigenvalue weighted by atomic mass is 10.1. The molecule has 1 N–H and O–H groups in total. The van der Waals surface area contributed by atoms with E-state index >= 15 is 0 Å². The monoisotopic (exact) mass is 338 g/mol. The highest BCUT2D eigenvalue weighted by atomic mass is 32.2. The molecule has 0 saturated heterocycles. The van der Waals surface area contributed by atoms with Crippen LogP contribution in [0.1, 0.15) is 38.7 Å². The SMILES string of the molecule is CCN(CC)S(=O)(=O)c1ccc(CCC(=O)NCC2CC2)cc1. The average molecular weight is 338 g/mol. The zero-order chi connectivity index (χ0) is 16.9. The minimum atomic E-state index is -3.41. The minimum Gasteiger partial charge on any atom is -0.356 e. The van der Waals surface area contributed by atoms with Gasteiger partial charge in [0.25, 0.3) is 0 Å². The van der Waals surface area contributed by atoms with Gasteiger partial charge in [-0.25, -0.2) is 8.42 Å². The fraction of sp³-hybridized carbons (Fsp3) is 0.588. The molecule has 0 bridgehead atoms. The van der Waals surface area contributed by atoms with Gasteiger partial charge in [0.15, 0.2) is 0 Å². The lowest BCUT2D eigenvalue weighted by Crippen LogP contribution is -2.30. The smallest absolute Gasteiger partial charge is 0.243 e. The van der Waals surface area contributed by atoms with Crippen LogP contribution < -0.4 is 5.32 Å². The van der Waals surface area contributed by atoms with E-state index in [1.54, 1.807) is 24.3 Å². The molecule has 0 heterocycles. The molecule has 1 aliphatic rings. The maximum Gasteiger partial charge on any atom is 0.243 e. The van der Waals surface area contributed by atoms with Crippen molar-refractivity contribution in [3.05, 3.63) is 29.8 Å². The Kier molecular flexibility index (Phi) is 6.18. The summed E-state index contributed by atoms with van der Waals surface area (Å²) in [6, 6.07) is 6.85. The van der Waals surface area contributed by atoms with E-state index in [4.69, 9.17) is 0 Å². The third-order valence-electron chi connectivity index (χ3n) is 4.19. The Morgan fingerprint density at radius 2 is 1.78 bits per heavy atom. The third kappa shape index (κ3) is 5.04. The molecule has 1 aromatic carbocycles. The molecular weight excluding hydrogens is 312 g/mol. The number of hydrogen-bond acceptors (Lipinski definition) is 3. The fourth-order valence-corrected chi connectivity index (χ4v) is 3.93. The van der Waals surface area contributed by atoms with E-state index in [1.165, 1.54) is 17.1 Å². The average Bonchev–Trinajstić information content (AvgIpc) is 3.36. The molecule has 1 aromatic rings. The van der Waals surface area contributed by atoms with Crippen LogP contribution in [0.15, 0.2) is 29.2 Å². The van der Waals surface area contributed by atoms with E-state index in [1.807, 2.05) is 13.8 Å². The maximum absolute atomic E-state index is 12.4. The molecular formula is C17H26N2O3S. The fourth-order valence-electron chi connectivity index (χ4n) is 2.47. The molecule has 0 unspecified atom stereocenters. The number of benzene rings is 1. The van der Waals surface area contributed by atoms with Crippen LogP contribution in [0.5, 0.6) is 0 Å². The van der Waals surface area contributed by atoms with Crippen molar-refractivity contribution >= 4 is 15.9 Å². The Bertz CT molecular complexity index is 618. The summed E-state index contributed by atoms with van der Waals surface area (Å²) < 4.78 is 26.2. The molecule has 0 atom stereocenters. The van der Waals surface area contributed by atoms with E-state index in [-0.39, 0.29) is 5.91 Å². The molecule has 0 aliphatic heterocycles. The molecule has 1 saturated carbocycles. The van der Waals surface area contributed by atoms with Crippen LogP contribution in [-0.2, 0) is 21.2 Å². The number of carbonyl (C=O) groups excluding carboxylic acids is 1. The topological polar surface area (TPSA) is 66.5 Å². The first-order valence-corrected chi connectivity index (χ1v) is 9.77. The Balaban J connectivity index is 1.89. The van der Waals surface area contributed by atoms with Crippen molar-refractivity contribution in [2.24, 2.45) is 5.92 Å². The predicted molar refractivity (Wildman–Crippen MR) is 90.6 cm³/mol. The second-order valence-electron chi connectivity index (χ2n) is 5.98. The van der Waals surface area contributed by atoms with Gasteiger partial charge >= 0.3 is 0 Å². The Labute approximate surface area is 139 Å². The van der Waals surface area contributed by atoms with Crippen LogP contribution in [0.2, 0.25) is 0 Å². The predicted octanol–water partition coefficient (Wildman–Crippen LogP) is 2.18. The summed E-state index contributed by atoms with van der Waals surface area (Å²) in [5, 5.41) is 2.94. The number of carbonyl (C=O) groups is 1. The lowest BCUT2D eigenvalue weighted by Gasteiger charge is -2.18. The number of rotatable bonds is 9. The van der Waals surface area contributed by atoms with Gasteiger partial charge in [0.1, 0.15) is 0 Å². The highest BCUT2D eigenvalue weighted by Crippen LogP contribution is 2.27. The van der Waals surface area contributed by atoms with Gasteiger partial charge in [-0.3, -0.25) is 4.79 Å². The van der Waals surface area contributed by atoms with E-state index in [2.05, 4.69) is 5.32 Å². The number of nitrogens with zero attached hydrogens (tertiary/aromatic N) is 1. The summed E-state index contributed by atoms with van der Waals surface area (Å²) >= 11 is 0. The normalized spacial score (nSPS) is 14.9. The van der Waals surface area contributed by atoms with Crippen LogP contribution in [0.3, 0.4) is 0 Å². The highest BCUT2D eigenvalue weighted by Gasteiger charge is 2.22. The number of amides is 1. The van der Waals surface area contributed by atoms with E-state index < -0.39 is 10.0 Å². The first-order chi connectivity index (χ1) is 11.0. The minimum absolute atomic E-state index is 0.0664. The largest absolute Gasteiger partial charge is 0.356 e. The zero-order valence-corrected chi connectivity index (χ0v) is 14.7. The Morgan fingerprint density at radius 3 is 2.30 bits per heavy atom. The van der Waals surface area contributed by atoms with Gasteiger partial charge in [0.05, 0.1) is 4.90 Å². The van der Waals surface area contributed by atoms with Crippen molar-refractivity contribution in [1.82, 2.24) is 9.62 Å². The zero-order valence-electron chi connectivity index (χ0n) is 13.9. The van der Waals surface area contributed by atoms with E-state index in [9.17, 15) is 13.2 Å². The van der Waals surface area contributed by atoms with E-state index in [0.717, 1.165) is 12.1 Å². The standard InChI is InChI=1S/C17H26N2O3S/c1-3-19(4-2)23(21,22)16-10-7-14(8-11-16)9-12-17(20)18-13-15-5-6-15/h7-8,10-11,15H,3-6,9,12-13H2,1-2H3,(H,18,20). The molecule has 0 radical (unpaired) electrons. The van der Waals surface area contributed by atoms with Crippen molar-refractivity contribution in [2.45, 2.75) is 44.4 Å². The molecule has 23 heavy (non-hydrogen) atoms. The van der Waals surface area contributed by atoms with Crippen LogP contribution in [0, 0.1) is 5.92 Å². The molecule has 5 nitrogen and oxygen atoms in total. The molecule has 1 aliphatic carbocycles. The summed E-state index contributed by atoms with van der Waals surface area (Å²) in [5.41, 5.74) is 0.977. The van der Waals surface area contributed by atoms with E-state index in [0.29, 0.717) is 36.7 Å². The van der Waals surface area contributed by atoms with Gasteiger partial charge in [0, 0.05) is 26.1 Å². The molecule has 0 aromatic heterocycles. The number of sulfonamides is 1. The second-order valence-corrected chi connectivity index (χ2v) is 7.92. The first-order valence-electron chi connectivity index (χ1n) is 8.33. The summed E-state index contributed by atoms with van der Waals surface area (Å²) in [6.45, 7) is 5.37. The van der Waals surface area contributed by atoms with Crippen molar-refractivity contribution in [3.63, 3.8) is 0 Å². The van der Waals surface area contributed by atoms with Crippen LogP contribution >= 0.6 is 0 Å². The summed E-state index contributed by atoms with van der Waals surface area (Å²) in [7, 11) is -3.41. The van der Waals surface area contributed by atoms with Crippen LogP contribution in [0.25, 0.3) is 0 Å². The van der Waals surface area contributed by atoms with Gasteiger partial charge in [-0.2, -0.15) is 4.31 Å².